The van der Waals surface area contributed by atoms with Crippen molar-refractivity contribution < 1.29 is 19.4 Å². The molecular weight excluding hydrogens is 207 g/mol. The van der Waals surface area contributed by atoms with Crippen LogP contribution in [0, 0.1) is 0 Å². The van der Waals surface area contributed by atoms with Crippen LogP contribution in [0.3, 0.4) is 0 Å². The van der Waals surface area contributed by atoms with Crippen molar-refractivity contribution in [3.05, 3.63) is 35.9 Å². The van der Waals surface area contributed by atoms with E-state index in [1.165, 1.54) is 0 Å². The molecule has 1 aromatic rings. The Morgan fingerprint density at radius 3 is 2.69 bits per heavy atom. The van der Waals surface area contributed by atoms with Gasteiger partial charge in [-0.2, -0.15) is 0 Å². The number of carbonyl (C=O) groups is 1. The maximum absolute atomic E-state index is 11.7. The Hall–Kier alpha value is -1.33. The summed E-state index contributed by atoms with van der Waals surface area (Å²) >= 11 is 0. The molecule has 1 heterocycles. The lowest BCUT2D eigenvalue weighted by molar-refractivity contribution is -0.00384. The van der Waals surface area contributed by atoms with Gasteiger partial charge < -0.3 is 14.6 Å². The molecule has 5 heteroatoms. The summed E-state index contributed by atoms with van der Waals surface area (Å²) in [7, 11) is 1.78. The summed E-state index contributed by atoms with van der Waals surface area (Å²) in [5.41, 5.74) is 0.480. The summed E-state index contributed by atoms with van der Waals surface area (Å²) in [6, 6.07) is 8.45. The van der Waals surface area contributed by atoms with Crippen LogP contribution in [0.5, 0.6) is 0 Å². The van der Waals surface area contributed by atoms with E-state index < -0.39 is 18.2 Å². The first-order valence-electron chi connectivity index (χ1n) is 5.24. The third-order valence-corrected chi connectivity index (χ3v) is 2.62. The second-order valence-corrected chi connectivity index (χ2v) is 3.84. The highest BCUT2D eigenvalue weighted by molar-refractivity contribution is 6.11. The zero-order valence-corrected chi connectivity index (χ0v) is 9.00. The van der Waals surface area contributed by atoms with Gasteiger partial charge in [0.2, 0.25) is 0 Å². The van der Waals surface area contributed by atoms with Crippen LogP contribution in [0.4, 0.5) is 0 Å². The fourth-order valence-corrected chi connectivity index (χ4v) is 1.69. The molecule has 0 amide bonds. The molecule has 2 rings (SSSR count). The van der Waals surface area contributed by atoms with Crippen LogP contribution in [0.1, 0.15) is 10.4 Å². The van der Waals surface area contributed by atoms with Gasteiger partial charge in [0, 0.05) is 0 Å². The maximum Gasteiger partial charge on any atom is 0.338 e. The number of hydrogen-bond donors (Lipinski definition) is 1. The molecule has 1 fully saturated rings. The van der Waals surface area contributed by atoms with E-state index in [1.807, 2.05) is 6.07 Å². The number of aliphatic hydroxyl groups is 1. The lowest BCUT2D eigenvalue weighted by atomic mass is 9.93. The van der Waals surface area contributed by atoms with Gasteiger partial charge in [-0.3, -0.25) is 0 Å². The minimum absolute atomic E-state index is 0.216. The van der Waals surface area contributed by atoms with E-state index >= 15 is 0 Å². The number of esters is 1. The zero-order valence-electron chi connectivity index (χ0n) is 9.00. The van der Waals surface area contributed by atoms with Gasteiger partial charge in [0.25, 0.3) is 0 Å². The van der Waals surface area contributed by atoms with Crippen LogP contribution in [0.2, 0.25) is 0 Å². The molecule has 0 bridgehead atoms. The smallest absolute Gasteiger partial charge is 0.338 e. The quantitative estimate of drug-likeness (QED) is 0.542. The Kier molecular flexibility index (Phi) is 3.26. The first-order valence-corrected chi connectivity index (χ1v) is 5.24. The molecule has 4 nitrogen and oxygen atoms in total. The molecule has 1 aromatic carbocycles. The highest BCUT2D eigenvalue weighted by Gasteiger charge is 2.36. The Morgan fingerprint density at radius 2 is 2.12 bits per heavy atom. The van der Waals surface area contributed by atoms with Crippen molar-refractivity contribution in [2.75, 3.05) is 6.61 Å². The van der Waals surface area contributed by atoms with E-state index in [2.05, 4.69) is 0 Å². The molecule has 1 N–H and O–H groups in total. The van der Waals surface area contributed by atoms with Gasteiger partial charge >= 0.3 is 5.97 Å². The van der Waals surface area contributed by atoms with Gasteiger partial charge in [-0.25, -0.2) is 4.79 Å². The van der Waals surface area contributed by atoms with E-state index in [-0.39, 0.29) is 12.6 Å². The molecule has 3 atom stereocenters. The van der Waals surface area contributed by atoms with E-state index in [9.17, 15) is 9.90 Å². The fraction of sp³-hybridized carbons (Fsp3) is 0.364. The van der Waals surface area contributed by atoms with Crippen LogP contribution < -0.4 is 0 Å². The first kappa shape index (κ1) is 11.2. The number of aliphatic hydroxyl groups excluding tert-OH is 1. The van der Waals surface area contributed by atoms with Gasteiger partial charge in [0.05, 0.1) is 18.2 Å². The molecule has 0 spiro atoms. The second-order valence-electron chi connectivity index (χ2n) is 3.84. The second kappa shape index (κ2) is 4.68. The highest BCUT2D eigenvalue weighted by atomic mass is 16.6. The van der Waals surface area contributed by atoms with E-state index in [0.29, 0.717) is 5.56 Å². The van der Waals surface area contributed by atoms with Gasteiger partial charge in [0.1, 0.15) is 20.1 Å². The number of hydrogen-bond acceptors (Lipinski definition) is 4. The normalized spacial score (nSPS) is 28.9. The summed E-state index contributed by atoms with van der Waals surface area (Å²) in [5.74, 6) is -0.429. The molecule has 1 aliphatic heterocycles. The molecule has 0 radical (unpaired) electrons. The molecule has 84 valence electrons. The minimum Gasteiger partial charge on any atom is -0.454 e. The molecule has 1 aliphatic rings. The molecule has 0 aromatic heterocycles. The van der Waals surface area contributed by atoms with Gasteiger partial charge in [-0.05, 0) is 12.1 Å². The topological polar surface area (TPSA) is 55.8 Å². The third-order valence-electron chi connectivity index (χ3n) is 2.62. The molecule has 0 aliphatic carbocycles. The number of rotatable bonds is 2. The van der Waals surface area contributed by atoms with E-state index in [0.717, 1.165) is 0 Å². The highest BCUT2D eigenvalue weighted by Crippen LogP contribution is 2.17. The molecule has 0 unspecified atom stereocenters. The number of ether oxygens (including phenoxy) is 2. The summed E-state index contributed by atoms with van der Waals surface area (Å²) in [4.78, 5) is 11.7. The summed E-state index contributed by atoms with van der Waals surface area (Å²) in [6.07, 6.45) is -1.31. The standard InChI is InChI=1S/C11H13BO4/c12-10-9(8(13)6-15-10)16-11(14)7-4-2-1-3-5-7/h1-5,8-10,13H,6,12H2/t8-,9+,10+/m0/s1. The van der Waals surface area contributed by atoms with Crippen LogP contribution in [-0.4, -0.2) is 43.7 Å². The van der Waals surface area contributed by atoms with Crippen LogP contribution in [0.15, 0.2) is 30.3 Å². The number of benzene rings is 1. The Morgan fingerprint density at radius 1 is 1.44 bits per heavy atom. The molecule has 1 saturated heterocycles. The van der Waals surface area contributed by atoms with Crippen molar-refractivity contribution in [1.82, 2.24) is 0 Å². The van der Waals surface area contributed by atoms with Crippen LogP contribution in [-0.2, 0) is 9.47 Å². The van der Waals surface area contributed by atoms with Gasteiger partial charge in [-0.15, -0.1) is 0 Å². The van der Waals surface area contributed by atoms with Crippen LogP contribution in [0.25, 0.3) is 0 Å². The van der Waals surface area contributed by atoms with E-state index in [1.54, 1.807) is 32.1 Å². The Balaban J connectivity index is 2.02. The average molecular weight is 220 g/mol. The van der Waals surface area contributed by atoms with Crippen molar-refractivity contribution in [2.24, 2.45) is 0 Å². The van der Waals surface area contributed by atoms with Gasteiger partial charge in [-0.1, -0.05) is 18.2 Å². The summed E-state index contributed by atoms with van der Waals surface area (Å²) < 4.78 is 10.4. The number of carbonyl (C=O) groups excluding carboxylic acids is 1. The monoisotopic (exact) mass is 220 g/mol. The third kappa shape index (κ3) is 2.26. The lowest BCUT2D eigenvalue weighted by Gasteiger charge is -2.17. The fourth-order valence-electron chi connectivity index (χ4n) is 1.69. The molecular formula is C11H13BO4. The summed E-state index contributed by atoms with van der Waals surface area (Å²) in [6.45, 7) is 0.216. The molecule has 0 saturated carbocycles. The van der Waals surface area contributed by atoms with Crippen molar-refractivity contribution in [3.8, 4) is 0 Å². The predicted molar refractivity (Wildman–Crippen MR) is 59.9 cm³/mol. The zero-order chi connectivity index (χ0) is 11.5. The van der Waals surface area contributed by atoms with Crippen molar-refractivity contribution in [2.45, 2.75) is 18.2 Å². The maximum atomic E-state index is 11.7. The minimum atomic E-state index is -0.734. The van der Waals surface area contributed by atoms with E-state index in [4.69, 9.17) is 9.47 Å². The van der Waals surface area contributed by atoms with Crippen molar-refractivity contribution in [3.63, 3.8) is 0 Å². The van der Waals surface area contributed by atoms with Gasteiger partial charge in [0.15, 0.2) is 0 Å². The Labute approximate surface area is 94.6 Å². The summed E-state index contributed by atoms with van der Waals surface area (Å²) in [5, 5.41) is 9.55. The SMILES string of the molecule is B[C@@H]1OC[C@H](O)[C@H]1OC(=O)c1ccccc1. The first-order chi connectivity index (χ1) is 7.68. The largest absolute Gasteiger partial charge is 0.454 e. The van der Waals surface area contributed by atoms with Crippen LogP contribution >= 0.6 is 0 Å². The molecule has 16 heavy (non-hydrogen) atoms. The average Bonchev–Trinajstić information content (AvgIpc) is 2.62. The predicted octanol–water partition coefficient (Wildman–Crippen LogP) is -0.438. The van der Waals surface area contributed by atoms with Crippen molar-refractivity contribution >= 4 is 13.8 Å². The van der Waals surface area contributed by atoms with Crippen molar-refractivity contribution in [1.29, 1.82) is 0 Å². The Bertz CT molecular complexity index is 358. The lowest BCUT2D eigenvalue weighted by Crippen LogP contribution is -2.35.